The highest BCUT2D eigenvalue weighted by molar-refractivity contribution is 6.23. The Kier molecular flexibility index (Phi) is 5.11. The smallest absolute Gasteiger partial charge is 0.138 e. The van der Waals surface area contributed by atoms with E-state index < -0.39 is 0 Å². The van der Waals surface area contributed by atoms with Gasteiger partial charge in [-0.2, -0.15) is 0 Å². The van der Waals surface area contributed by atoms with Crippen LogP contribution in [0.3, 0.4) is 0 Å². The van der Waals surface area contributed by atoms with Crippen LogP contribution < -0.4 is 0 Å². The van der Waals surface area contributed by atoms with Gasteiger partial charge in [-0.3, -0.25) is 4.57 Å². The highest BCUT2D eigenvalue weighted by Crippen LogP contribution is 2.41. The largest absolute Gasteiger partial charge is 0.307 e. The van der Waals surface area contributed by atoms with E-state index in [-0.39, 0.29) is 0 Å². The summed E-state index contributed by atoms with van der Waals surface area (Å²) in [4.78, 5) is 5.26. The fourth-order valence-corrected chi connectivity index (χ4v) is 6.20. The molecule has 0 spiro atoms. The summed E-state index contributed by atoms with van der Waals surface area (Å²) in [5.41, 5.74) is 9.30. The van der Waals surface area contributed by atoms with Crippen molar-refractivity contribution < 1.29 is 0 Å². The Morgan fingerprint density at radius 1 is 0.500 bits per heavy atom. The second-order valence-corrected chi connectivity index (χ2v) is 10.3. The molecule has 40 heavy (non-hydrogen) atoms. The first-order chi connectivity index (χ1) is 19.8. The fraction of sp³-hybridized carbons (Fsp3) is 0.0541. The topological polar surface area (TPSA) is 22.8 Å². The van der Waals surface area contributed by atoms with Gasteiger partial charge in [0.05, 0.1) is 27.8 Å². The van der Waals surface area contributed by atoms with Crippen LogP contribution in [0.25, 0.3) is 66.4 Å². The van der Waals surface area contributed by atoms with Crippen molar-refractivity contribution in [3.63, 3.8) is 0 Å². The van der Waals surface area contributed by atoms with Gasteiger partial charge in [-0.15, -0.1) is 0 Å². The highest BCUT2D eigenvalue weighted by atomic mass is 15.1. The van der Waals surface area contributed by atoms with Gasteiger partial charge in [-0.1, -0.05) is 104 Å². The number of hydrogen-bond acceptors (Lipinski definition) is 1. The van der Waals surface area contributed by atoms with Crippen molar-refractivity contribution >= 4 is 43.6 Å². The molecule has 0 aliphatic carbocycles. The molecule has 0 fully saturated rings. The predicted molar refractivity (Wildman–Crippen MR) is 168 cm³/mol. The summed E-state index contributed by atoms with van der Waals surface area (Å²) < 4.78 is 4.77. The van der Waals surface area contributed by atoms with Crippen molar-refractivity contribution in [3.05, 3.63) is 139 Å². The molecule has 3 heteroatoms. The molecule has 0 N–H and O–H groups in total. The van der Waals surface area contributed by atoms with Crippen LogP contribution in [0.15, 0.2) is 133 Å². The van der Waals surface area contributed by atoms with E-state index in [1.165, 1.54) is 43.7 Å². The minimum atomic E-state index is 0.917. The molecule has 3 nitrogen and oxygen atoms in total. The molecule has 190 valence electrons. The van der Waals surface area contributed by atoms with Crippen molar-refractivity contribution in [1.29, 1.82) is 0 Å². The number of pyridine rings is 1. The number of para-hydroxylation sites is 3. The SMILES string of the molecule is CCc1ccc(-c2cccc(-n3c4ccccc4c4ccc5c6ccccc6n(-c6ccccc6)c5c43)n2)cc1. The molecule has 0 amide bonds. The zero-order valence-electron chi connectivity index (χ0n) is 22.3. The second-order valence-electron chi connectivity index (χ2n) is 10.3. The van der Waals surface area contributed by atoms with Crippen LogP contribution in [0.2, 0.25) is 0 Å². The number of rotatable bonds is 4. The van der Waals surface area contributed by atoms with E-state index in [4.69, 9.17) is 4.98 Å². The van der Waals surface area contributed by atoms with Gasteiger partial charge in [0.25, 0.3) is 0 Å². The monoisotopic (exact) mass is 513 g/mol. The van der Waals surface area contributed by atoms with Gasteiger partial charge < -0.3 is 4.57 Å². The van der Waals surface area contributed by atoms with Gasteiger partial charge in [0, 0.05) is 32.8 Å². The Hall–Kier alpha value is -5.15. The molecule has 0 radical (unpaired) electrons. The number of aromatic nitrogens is 3. The minimum absolute atomic E-state index is 0.917. The number of hydrogen-bond donors (Lipinski definition) is 0. The zero-order chi connectivity index (χ0) is 26.6. The molecule has 8 aromatic rings. The van der Waals surface area contributed by atoms with Crippen LogP contribution in [0.1, 0.15) is 12.5 Å². The lowest BCUT2D eigenvalue weighted by Crippen LogP contribution is -2.01. The van der Waals surface area contributed by atoms with Gasteiger partial charge in [-0.05, 0) is 48.4 Å². The summed E-state index contributed by atoms with van der Waals surface area (Å²) in [6.07, 6.45) is 1.03. The summed E-state index contributed by atoms with van der Waals surface area (Å²) >= 11 is 0. The Labute approximate surface area is 232 Å². The van der Waals surface area contributed by atoms with E-state index in [1.54, 1.807) is 0 Å². The first-order valence-electron chi connectivity index (χ1n) is 13.9. The third-order valence-electron chi connectivity index (χ3n) is 8.10. The maximum Gasteiger partial charge on any atom is 0.138 e. The molecule has 3 heterocycles. The first kappa shape index (κ1) is 22.8. The van der Waals surface area contributed by atoms with E-state index in [9.17, 15) is 0 Å². The van der Waals surface area contributed by atoms with Crippen molar-refractivity contribution in [2.24, 2.45) is 0 Å². The lowest BCUT2D eigenvalue weighted by atomic mass is 10.1. The van der Waals surface area contributed by atoms with Crippen LogP contribution >= 0.6 is 0 Å². The van der Waals surface area contributed by atoms with E-state index in [0.29, 0.717) is 0 Å². The van der Waals surface area contributed by atoms with Crippen LogP contribution in [0.4, 0.5) is 0 Å². The Balaban J connectivity index is 1.52. The van der Waals surface area contributed by atoms with Crippen LogP contribution in [0.5, 0.6) is 0 Å². The van der Waals surface area contributed by atoms with E-state index in [0.717, 1.165) is 34.7 Å². The quantitative estimate of drug-likeness (QED) is 0.230. The van der Waals surface area contributed by atoms with Gasteiger partial charge in [0.2, 0.25) is 0 Å². The second kappa shape index (κ2) is 8.96. The third kappa shape index (κ3) is 3.34. The lowest BCUT2D eigenvalue weighted by Gasteiger charge is -2.13. The van der Waals surface area contributed by atoms with Gasteiger partial charge in [0.15, 0.2) is 0 Å². The normalized spacial score (nSPS) is 11.7. The molecule has 0 saturated carbocycles. The van der Waals surface area contributed by atoms with Gasteiger partial charge in [-0.25, -0.2) is 4.98 Å². The molecule has 0 bridgehead atoms. The van der Waals surface area contributed by atoms with Crippen LogP contribution in [0, 0.1) is 0 Å². The number of aryl methyl sites for hydroxylation is 1. The van der Waals surface area contributed by atoms with Gasteiger partial charge >= 0.3 is 0 Å². The minimum Gasteiger partial charge on any atom is -0.307 e. The number of nitrogens with zero attached hydrogens (tertiary/aromatic N) is 3. The zero-order valence-corrected chi connectivity index (χ0v) is 22.3. The van der Waals surface area contributed by atoms with E-state index in [1.807, 2.05) is 0 Å². The molecular weight excluding hydrogens is 486 g/mol. The summed E-state index contributed by atoms with van der Waals surface area (Å²) in [6, 6.07) is 47.8. The lowest BCUT2D eigenvalue weighted by molar-refractivity contribution is 1.08. The molecule has 0 aliphatic rings. The molecular formula is C37H27N3. The first-order valence-corrected chi connectivity index (χ1v) is 13.9. The molecule has 5 aromatic carbocycles. The Bertz CT molecular complexity index is 2180. The summed E-state index contributed by atoms with van der Waals surface area (Å²) in [6.45, 7) is 2.19. The summed E-state index contributed by atoms with van der Waals surface area (Å²) in [5.74, 6) is 0.917. The molecule has 8 rings (SSSR count). The molecule has 0 saturated heterocycles. The molecule has 0 aliphatic heterocycles. The van der Waals surface area contributed by atoms with Crippen molar-refractivity contribution in [3.8, 4) is 22.8 Å². The number of fused-ring (bicyclic) bond motifs is 7. The predicted octanol–water partition coefficient (Wildman–Crippen LogP) is 9.51. The highest BCUT2D eigenvalue weighted by Gasteiger charge is 2.21. The van der Waals surface area contributed by atoms with Gasteiger partial charge in [0.1, 0.15) is 5.82 Å². The Morgan fingerprint density at radius 3 is 1.77 bits per heavy atom. The van der Waals surface area contributed by atoms with Crippen LogP contribution in [-0.4, -0.2) is 14.1 Å². The van der Waals surface area contributed by atoms with Crippen molar-refractivity contribution in [2.45, 2.75) is 13.3 Å². The molecule has 0 unspecified atom stereocenters. The average Bonchev–Trinajstić information content (AvgIpc) is 3.55. The molecule has 0 atom stereocenters. The fourth-order valence-electron chi connectivity index (χ4n) is 6.20. The van der Waals surface area contributed by atoms with Crippen LogP contribution in [-0.2, 0) is 6.42 Å². The van der Waals surface area contributed by atoms with Crippen molar-refractivity contribution in [2.75, 3.05) is 0 Å². The van der Waals surface area contributed by atoms with E-state index in [2.05, 4.69) is 150 Å². The maximum absolute atomic E-state index is 5.26. The molecule has 3 aromatic heterocycles. The summed E-state index contributed by atoms with van der Waals surface area (Å²) in [5, 5.41) is 4.94. The Morgan fingerprint density at radius 2 is 1.10 bits per heavy atom. The maximum atomic E-state index is 5.26. The van der Waals surface area contributed by atoms with Crippen molar-refractivity contribution in [1.82, 2.24) is 14.1 Å². The summed E-state index contributed by atoms with van der Waals surface area (Å²) in [7, 11) is 0. The number of benzene rings is 5. The third-order valence-corrected chi connectivity index (χ3v) is 8.10. The average molecular weight is 514 g/mol. The van der Waals surface area contributed by atoms with E-state index >= 15 is 0 Å². The standard InChI is InChI=1S/C37H27N3/c1-2-25-19-21-26(22-20-25)32-15-10-18-35(38-32)40-34-17-9-7-14-29(34)31-24-23-30-28-13-6-8-16-33(28)39(36(30)37(31)40)27-11-4-3-5-12-27/h3-24H,2H2,1H3.